The highest BCUT2D eigenvalue weighted by atomic mass is 19.4. The molecule has 1 aliphatic rings. The van der Waals surface area contributed by atoms with Crippen molar-refractivity contribution in [2.75, 3.05) is 13.6 Å². The van der Waals surface area contributed by atoms with E-state index in [4.69, 9.17) is 0 Å². The van der Waals surface area contributed by atoms with Crippen molar-refractivity contribution in [3.63, 3.8) is 0 Å². The first-order chi connectivity index (χ1) is 14.7. The first-order valence-electron chi connectivity index (χ1n) is 10.5. The summed E-state index contributed by atoms with van der Waals surface area (Å²) in [5.74, 6) is 0.334. The van der Waals surface area contributed by atoms with E-state index in [1.54, 1.807) is 36.2 Å². The molecule has 0 aliphatic heterocycles. The van der Waals surface area contributed by atoms with Gasteiger partial charge in [0, 0.05) is 31.6 Å². The third-order valence-electron chi connectivity index (χ3n) is 5.97. The van der Waals surface area contributed by atoms with Gasteiger partial charge < -0.3 is 10.2 Å². The molecule has 0 aromatic heterocycles. The van der Waals surface area contributed by atoms with Gasteiger partial charge in [-0.2, -0.15) is 13.2 Å². The topological polar surface area (TPSA) is 49.4 Å². The van der Waals surface area contributed by atoms with E-state index in [1.807, 2.05) is 6.92 Å². The molecule has 3 rings (SSSR count). The summed E-state index contributed by atoms with van der Waals surface area (Å²) >= 11 is 0. The molecular weight excluding hydrogens is 405 g/mol. The molecule has 2 atom stereocenters. The third-order valence-corrected chi connectivity index (χ3v) is 5.97. The molecule has 0 saturated heterocycles. The molecule has 166 valence electrons. The molecule has 0 heterocycles. The molecule has 7 heteroatoms. The summed E-state index contributed by atoms with van der Waals surface area (Å²) in [5.41, 5.74) is 1.27. The molecule has 31 heavy (non-hydrogen) atoms. The Kier molecular flexibility index (Phi) is 7.03. The minimum atomic E-state index is -4.36. The van der Waals surface area contributed by atoms with Crippen LogP contribution in [-0.4, -0.2) is 36.3 Å². The third kappa shape index (κ3) is 5.66. The van der Waals surface area contributed by atoms with Crippen molar-refractivity contribution in [1.29, 1.82) is 0 Å². The van der Waals surface area contributed by atoms with Crippen molar-refractivity contribution in [2.45, 2.75) is 44.8 Å². The van der Waals surface area contributed by atoms with Gasteiger partial charge in [-0.1, -0.05) is 31.2 Å². The van der Waals surface area contributed by atoms with Gasteiger partial charge in [0.05, 0.1) is 5.56 Å². The summed E-state index contributed by atoms with van der Waals surface area (Å²) in [7, 11) is 1.80. The molecule has 2 amide bonds. The van der Waals surface area contributed by atoms with Crippen molar-refractivity contribution >= 4 is 11.8 Å². The predicted octanol–water partition coefficient (Wildman–Crippen LogP) is 5.14. The molecule has 1 aliphatic carbocycles. The van der Waals surface area contributed by atoms with E-state index < -0.39 is 11.7 Å². The lowest BCUT2D eigenvalue weighted by atomic mass is 10.0. The van der Waals surface area contributed by atoms with Gasteiger partial charge in [0.25, 0.3) is 5.91 Å². The number of halogens is 3. The number of hydrogen-bond donors (Lipinski definition) is 1. The normalized spacial score (nSPS) is 18.6. The van der Waals surface area contributed by atoms with Crippen molar-refractivity contribution in [1.82, 2.24) is 10.2 Å². The van der Waals surface area contributed by atoms with Crippen LogP contribution in [-0.2, 0) is 11.0 Å². The maximum atomic E-state index is 12.9. The number of carbonyl (C=O) groups is 2. The van der Waals surface area contributed by atoms with Crippen LogP contribution in [0.3, 0.4) is 0 Å². The second kappa shape index (κ2) is 9.54. The highest BCUT2D eigenvalue weighted by molar-refractivity contribution is 5.94. The van der Waals surface area contributed by atoms with E-state index in [0.29, 0.717) is 30.0 Å². The molecule has 0 radical (unpaired) electrons. The largest absolute Gasteiger partial charge is 0.416 e. The lowest BCUT2D eigenvalue weighted by Gasteiger charge is -2.25. The number of benzene rings is 2. The molecule has 1 saturated carbocycles. The van der Waals surface area contributed by atoms with Crippen molar-refractivity contribution in [3.05, 3.63) is 59.7 Å². The van der Waals surface area contributed by atoms with Crippen LogP contribution in [0.25, 0.3) is 11.1 Å². The van der Waals surface area contributed by atoms with Crippen LogP contribution in [0.4, 0.5) is 13.2 Å². The number of hydrogen-bond acceptors (Lipinski definition) is 2. The Hall–Kier alpha value is -2.83. The molecule has 0 spiro atoms. The Morgan fingerprint density at radius 3 is 2.13 bits per heavy atom. The smallest absolute Gasteiger partial charge is 0.356 e. The first kappa shape index (κ1) is 22.8. The van der Waals surface area contributed by atoms with Crippen molar-refractivity contribution < 1.29 is 22.8 Å². The van der Waals surface area contributed by atoms with E-state index in [9.17, 15) is 22.8 Å². The number of amides is 2. The summed E-state index contributed by atoms with van der Waals surface area (Å²) in [6.07, 6.45) is -1.16. The monoisotopic (exact) mass is 432 g/mol. The Balaban J connectivity index is 1.60. The minimum absolute atomic E-state index is 0.0426. The second-order valence-corrected chi connectivity index (χ2v) is 8.06. The van der Waals surface area contributed by atoms with Crippen LogP contribution in [0.5, 0.6) is 0 Å². The van der Waals surface area contributed by atoms with Gasteiger partial charge in [0.1, 0.15) is 0 Å². The van der Waals surface area contributed by atoms with Crippen molar-refractivity contribution in [3.8, 4) is 11.1 Å². The quantitative estimate of drug-likeness (QED) is 0.687. The summed E-state index contributed by atoms with van der Waals surface area (Å²) < 4.78 is 38.2. The standard InChI is InChI=1S/C24H27F3N2O2/c1-3-22(30)28-15-16-4-13-21(14-16)29(2)23(31)19-7-5-17(6-8-19)18-9-11-20(12-10-18)24(25,26)27/h5-12,16,21H,3-4,13-15H2,1-2H3,(H,28,30). The number of carbonyl (C=O) groups excluding carboxylic acids is 2. The van der Waals surface area contributed by atoms with E-state index in [0.717, 1.165) is 37.0 Å². The van der Waals surface area contributed by atoms with Gasteiger partial charge in [-0.3, -0.25) is 9.59 Å². The number of nitrogens with one attached hydrogen (secondary N) is 1. The average Bonchev–Trinajstić information content (AvgIpc) is 3.25. The lowest BCUT2D eigenvalue weighted by molar-refractivity contribution is -0.137. The van der Waals surface area contributed by atoms with Crippen LogP contribution < -0.4 is 5.32 Å². The second-order valence-electron chi connectivity index (χ2n) is 8.06. The van der Waals surface area contributed by atoms with Gasteiger partial charge in [0.2, 0.25) is 5.91 Å². The Morgan fingerprint density at radius 1 is 1.00 bits per heavy atom. The number of nitrogens with zero attached hydrogens (tertiary/aromatic N) is 1. The number of alkyl halides is 3. The van der Waals surface area contributed by atoms with Gasteiger partial charge in [0.15, 0.2) is 0 Å². The zero-order chi connectivity index (χ0) is 22.6. The fraction of sp³-hybridized carbons (Fsp3) is 0.417. The highest BCUT2D eigenvalue weighted by Crippen LogP contribution is 2.32. The van der Waals surface area contributed by atoms with E-state index in [2.05, 4.69) is 5.32 Å². The molecule has 2 unspecified atom stereocenters. The van der Waals surface area contributed by atoms with Gasteiger partial charge in [-0.15, -0.1) is 0 Å². The first-order valence-corrected chi connectivity index (χ1v) is 10.5. The number of rotatable bonds is 6. The molecule has 1 N–H and O–H groups in total. The van der Waals surface area contributed by atoms with Crippen molar-refractivity contribution in [2.24, 2.45) is 5.92 Å². The van der Waals surface area contributed by atoms with Gasteiger partial charge in [-0.05, 0) is 60.6 Å². The fourth-order valence-corrected chi connectivity index (χ4v) is 4.00. The van der Waals surface area contributed by atoms with Gasteiger partial charge >= 0.3 is 6.18 Å². The minimum Gasteiger partial charge on any atom is -0.356 e. The average molecular weight is 432 g/mol. The lowest BCUT2D eigenvalue weighted by Crippen LogP contribution is -2.36. The predicted molar refractivity (Wildman–Crippen MR) is 113 cm³/mol. The Morgan fingerprint density at radius 2 is 1.58 bits per heavy atom. The molecule has 2 aromatic rings. The molecule has 4 nitrogen and oxygen atoms in total. The van der Waals surface area contributed by atoms with E-state index in [1.165, 1.54) is 12.1 Å². The van der Waals surface area contributed by atoms with Gasteiger partial charge in [-0.25, -0.2) is 0 Å². The fourth-order valence-electron chi connectivity index (χ4n) is 4.00. The molecule has 2 aromatic carbocycles. The van der Waals surface area contributed by atoms with Crippen LogP contribution in [0, 0.1) is 5.92 Å². The molecular formula is C24H27F3N2O2. The molecule has 1 fully saturated rings. The van der Waals surface area contributed by atoms with E-state index in [-0.39, 0.29) is 17.9 Å². The van der Waals surface area contributed by atoms with Crippen LogP contribution in [0.1, 0.15) is 48.5 Å². The molecule has 0 bridgehead atoms. The zero-order valence-electron chi connectivity index (χ0n) is 17.7. The van der Waals surface area contributed by atoms with Crippen LogP contribution >= 0.6 is 0 Å². The Labute approximate surface area is 180 Å². The maximum Gasteiger partial charge on any atom is 0.416 e. The van der Waals surface area contributed by atoms with Crippen LogP contribution in [0.2, 0.25) is 0 Å². The zero-order valence-corrected chi connectivity index (χ0v) is 17.7. The summed E-state index contributed by atoms with van der Waals surface area (Å²) in [4.78, 5) is 26.1. The maximum absolute atomic E-state index is 12.9. The van der Waals surface area contributed by atoms with Crippen LogP contribution in [0.15, 0.2) is 48.5 Å². The van der Waals surface area contributed by atoms with E-state index >= 15 is 0 Å². The highest BCUT2D eigenvalue weighted by Gasteiger charge is 2.31. The summed E-state index contributed by atoms with van der Waals surface area (Å²) in [6.45, 7) is 2.47. The Bertz CT molecular complexity index is 908. The SMILES string of the molecule is CCC(=O)NCC1CCC(N(C)C(=O)c2ccc(-c3ccc(C(F)(F)F)cc3)cc2)C1. The summed E-state index contributed by atoms with van der Waals surface area (Å²) in [6, 6.07) is 12.0. The summed E-state index contributed by atoms with van der Waals surface area (Å²) in [5, 5.41) is 2.92.